The fraction of sp³-hybridized carbons (Fsp3) is 0.0714. The first-order chi connectivity index (χ1) is 8.99. The molecule has 5 heteroatoms. The largest absolute Gasteiger partial charge is 0.319 e. The van der Waals surface area contributed by atoms with Gasteiger partial charge in [0.1, 0.15) is 5.82 Å². The zero-order valence-electron chi connectivity index (χ0n) is 10.0. The maximum Gasteiger partial charge on any atom is 0.255 e. The van der Waals surface area contributed by atoms with Crippen molar-refractivity contribution < 1.29 is 9.18 Å². The number of amides is 1. The Hall–Kier alpha value is -1.58. The maximum atomic E-state index is 12.8. The summed E-state index contributed by atoms with van der Waals surface area (Å²) < 4.78 is 12.8. The fourth-order valence-corrected chi connectivity index (χ4v) is 2.02. The molecule has 0 aliphatic rings. The van der Waals surface area contributed by atoms with Crippen LogP contribution in [0.2, 0.25) is 10.0 Å². The van der Waals surface area contributed by atoms with E-state index >= 15 is 0 Å². The molecule has 2 aromatic carbocycles. The number of nitrogens with one attached hydrogen (secondary N) is 1. The number of halogens is 3. The van der Waals surface area contributed by atoms with Gasteiger partial charge in [-0.2, -0.15) is 0 Å². The van der Waals surface area contributed by atoms with E-state index in [0.717, 1.165) is 5.56 Å². The van der Waals surface area contributed by atoms with Gasteiger partial charge in [0.15, 0.2) is 0 Å². The van der Waals surface area contributed by atoms with Crippen molar-refractivity contribution in [3.63, 3.8) is 0 Å². The monoisotopic (exact) mass is 297 g/mol. The average Bonchev–Trinajstić information content (AvgIpc) is 2.40. The summed E-state index contributed by atoms with van der Waals surface area (Å²) in [7, 11) is 0. The summed E-state index contributed by atoms with van der Waals surface area (Å²) in [5.74, 6) is -0.794. The third kappa shape index (κ3) is 3.06. The highest BCUT2D eigenvalue weighted by Crippen LogP contribution is 2.33. The molecule has 1 amide bonds. The van der Waals surface area contributed by atoms with E-state index in [0.29, 0.717) is 21.3 Å². The molecule has 19 heavy (non-hydrogen) atoms. The van der Waals surface area contributed by atoms with Crippen LogP contribution in [0.4, 0.5) is 10.1 Å². The first kappa shape index (κ1) is 13.8. The summed E-state index contributed by atoms with van der Waals surface area (Å²) in [5, 5.41) is 3.37. The van der Waals surface area contributed by atoms with Gasteiger partial charge in [0.05, 0.1) is 15.7 Å². The van der Waals surface area contributed by atoms with Crippen LogP contribution in [0.25, 0.3) is 0 Å². The van der Waals surface area contributed by atoms with Gasteiger partial charge in [-0.3, -0.25) is 4.79 Å². The lowest BCUT2D eigenvalue weighted by Gasteiger charge is -2.11. The van der Waals surface area contributed by atoms with Crippen molar-refractivity contribution in [1.82, 2.24) is 0 Å². The van der Waals surface area contributed by atoms with E-state index in [1.165, 1.54) is 24.3 Å². The molecule has 2 aromatic rings. The van der Waals surface area contributed by atoms with Crippen molar-refractivity contribution in [1.29, 1.82) is 0 Å². The Labute approximate surface area is 120 Å². The molecule has 0 radical (unpaired) electrons. The second kappa shape index (κ2) is 5.59. The number of aryl methyl sites for hydroxylation is 1. The minimum absolute atomic E-state index is 0.329. The van der Waals surface area contributed by atoms with Gasteiger partial charge in [0, 0.05) is 5.56 Å². The molecule has 0 bridgehead atoms. The SMILES string of the molecule is Cc1ccc(Cl)c(NC(=O)c2ccc(F)cc2)c1Cl. The maximum absolute atomic E-state index is 12.8. The molecule has 0 aromatic heterocycles. The van der Waals surface area contributed by atoms with E-state index in [1.807, 2.05) is 6.92 Å². The van der Waals surface area contributed by atoms with Crippen LogP contribution in [0.1, 0.15) is 15.9 Å². The number of benzene rings is 2. The molecule has 98 valence electrons. The van der Waals surface area contributed by atoms with E-state index in [4.69, 9.17) is 23.2 Å². The summed E-state index contributed by atoms with van der Waals surface area (Å²) >= 11 is 12.1. The summed E-state index contributed by atoms with van der Waals surface area (Å²) in [4.78, 5) is 12.0. The second-order valence-electron chi connectivity index (χ2n) is 4.01. The molecule has 0 saturated heterocycles. The number of rotatable bonds is 2. The summed E-state index contributed by atoms with van der Waals surface area (Å²) in [6.07, 6.45) is 0. The Morgan fingerprint density at radius 1 is 1.11 bits per heavy atom. The Kier molecular flexibility index (Phi) is 4.08. The van der Waals surface area contributed by atoms with Gasteiger partial charge in [-0.15, -0.1) is 0 Å². The summed E-state index contributed by atoms with van der Waals surface area (Å²) in [6, 6.07) is 8.63. The van der Waals surface area contributed by atoms with Crippen molar-refractivity contribution in [3.05, 3.63) is 63.4 Å². The van der Waals surface area contributed by atoms with Gasteiger partial charge in [-0.05, 0) is 42.8 Å². The average molecular weight is 298 g/mol. The van der Waals surface area contributed by atoms with Gasteiger partial charge < -0.3 is 5.32 Å². The first-order valence-corrected chi connectivity index (χ1v) is 6.26. The number of carbonyl (C=O) groups excluding carboxylic acids is 1. The Morgan fingerprint density at radius 3 is 2.37 bits per heavy atom. The van der Waals surface area contributed by atoms with Crippen LogP contribution in [0.3, 0.4) is 0 Å². The number of hydrogen-bond donors (Lipinski definition) is 1. The van der Waals surface area contributed by atoms with Crippen molar-refractivity contribution in [2.24, 2.45) is 0 Å². The molecule has 0 aliphatic carbocycles. The lowest BCUT2D eigenvalue weighted by molar-refractivity contribution is 0.102. The highest BCUT2D eigenvalue weighted by atomic mass is 35.5. The molecular formula is C14H10Cl2FNO. The van der Waals surface area contributed by atoms with Gasteiger partial charge in [-0.25, -0.2) is 4.39 Å². The highest BCUT2D eigenvalue weighted by Gasteiger charge is 2.13. The summed E-state index contributed by atoms with van der Waals surface area (Å²) in [5.41, 5.74) is 1.49. The molecule has 0 aliphatic heterocycles. The van der Waals surface area contributed by atoms with Crippen LogP contribution in [0.5, 0.6) is 0 Å². The van der Waals surface area contributed by atoms with Crippen LogP contribution in [0, 0.1) is 12.7 Å². The Bertz CT molecular complexity index is 626. The zero-order valence-corrected chi connectivity index (χ0v) is 11.5. The van der Waals surface area contributed by atoms with Crippen LogP contribution in [-0.4, -0.2) is 5.91 Å². The van der Waals surface area contributed by atoms with Crippen LogP contribution in [-0.2, 0) is 0 Å². The van der Waals surface area contributed by atoms with Gasteiger partial charge in [-0.1, -0.05) is 29.3 Å². The molecule has 2 nitrogen and oxygen atoms in total. The van der Waals surface area contributed by atoms with E-state index in [-0.39, 0.29) is 0 Å². The van der Waals surface area contributed by atoms with Gasteiger partial charge in [0.25, 0.3) is 5.91 Å². The van der Waals surface area contributed by atoms with E-state index in [1.54, 1.807) is 12.1 Å². The quantitative estimate of drug-likeness (QED) is 0.856. The van der Waals surface area contributed by atoms with Gasteiger partial charge in [0.2, 0.25) is 0 Å². The predicted molar refractivity (Wildman–Crippen MR) is 75.6 cm³/mol. The number of carbonyl (C=O) groups is 1. The molecule has 0 saturated carbocycles. The normalized spacial score (nSPS) is 10.3. The van der Waals surface area contributed by atoms with Crippen molar-refractivity contribution >= 4 is 34.8 Å². The molecule has 0 fully saturated rings. The third-order valence-electron chi connectivity index (χ3n) is 2.63. The molecule has 1 N–H and O–H groups in total. The van der Waals surface area contributed by atoms with Crippen molar-refractivity contribution in [2.45, 2.75) is 6.92 Å². The number of anilines is 1. The van der Waals surface area contributed by atoms with Crippen LogP contribution in [0.15, 0.2) is 36.4 Å². The van der Waals surface area contributed by atoms with Crippen molar-refractivity contribution in [2.75, 3.05) is 5.32 Å². The van der Waals surface area contributed by atoms with E-state index in [9.17, 15) is 9.18 Å². The van der Waals surface area contributed by atoms with Gasteiger partial charge >= 0.3 is 0 Å². The highest BCUT2D eigenvalue weighted by molar-refractivity contribution is 6.40. The number of hydrogen-bond acceptors (Lipinski definition) is 1. The fourth-order valence-electron chi connectivity index (χ4n) is 1.56. The standard InChI is InChI=1S/C14H10Cl2FNO/c1-8-2-7-11(15)13(12(8)16)18-14(19)9-3-5-10(17)6-4-9/h2-7H,1H3,(H,18,19). The second-order valence-corrected chi connectivity index (χ2v) is 4.80. The zero-order chi connectivity index (χ0) is 14.0. The van der Waals surface area contributed by atoms with Crippen molar-refractivity contribution in [3.8, 4) is 0 Å². The van der Waals surface area contributed by atoms with E-state index in [2.05, 4.69) is 5.32 Å². The topological polar surface area (TPSA) is 29.1 Å². The Morgan fingerprint density at radius 2 is 1.74 bits per heavy atom. The molecule has 2 rings (SSSR count). The molecule has 0 atom stereocenters. The predicted octanol–water partition coefficient (Wildman–Crippen LogP) is 4.69. The first-order valence-electron chi connectivity index (χ1n) is 5.50. The minimum Gasteiger partial charge on any atom is -0.319 e. The molecular weight excluding hydrogens is 288 g/mol. The third-order valence-corrected chi connectivity index (χ3v) is 3.43. The smallest absolute Gasteiger partial charge is 0.255 e. The van der Waals surface area contributed by atoms with Crippen LogP contribution < -0.4 is 5.32 Å². The Balaban J connectivity index is 2.29. The summed E-state index contributed by atoms with van der Waals surface area (Å²) in [6.45, 7) is 1.81. The molecule has 0 unspecified atom stereocenters. The minimum atomic E-state index is -0.400. The van der Waals surface area contributed by atoms with E-state index < -0.39 is 11.7 Å². The lowest BCUT2D eigenvalue weighted by atomic mass is 10.2. The van der Waals surface area contributed by atoms with Crippen LogP contribution >= 0.6 is 23.2 Å². The lowest BCUT2D eigenvalue weighted by Crippen LogP contribution is -2.12. The molecule has 0 heterocycles. The molecule has 0 spiro atoms.